The molecule has 0 aliphatic rings. The van der Waals surface area contributed by atoms with E-state index in [0.717, 1.165) is 26.4 Å². The Morgan fingerprint density at radius 3 is 2.79 bits per heavy atom. The Hall–Kier alpha value is -2.77. The summed E-state index contributed by atoms with van der Waals surface area (Å²) in [6, 6.07) is 13.6. The monoisotopic (exact) mass is 409 g/mol. The largest absolute Gasteiger partial charge is 0.494 e. The van der Waals surface area contributed by atoms with Gasteiger partial charge >= 0.3 is 0 Å². The molecule has 1 aromatic carbocycles. The van der Waals surface area contributed by atoms with Crippen LogP contribution in [0.3, 0.4) is 0 Å². The number of carbonyl (C=O) groups excluding carboxylic acids is 1. The highest BCUT2D eigenvalue weighted by Crippen LogP contribution is 2.37. The normalized spacial score (nSPS) is 10.9. The minimum absolute atomic E-state index is 0.00350. The third-order valence-corrected chi connectivity index (χ3v) is 6.49. The van der Waals surface area contributed by atoms with Gasteiger partial charge in [0, 0.05) is 11.1 Å². The summed E-state index contributed by atoms with van der Waals surface area (Å²) in [5, 5.41) is 2.65. The number of hydrogen-bond donors (Lipinski definition) is 0. The van der Waals surface area contributed by atoms with Gasteiger partial charge in [-0.15, -0.1) is 11.3 Å². The molecule has 142 valence electrons. The lowest BCUT2D eigenvalue weighted by Crippen LogP contribution is -2.31. The summed E-state index contributed by atoms with van der Waals surface area (Å²) in [6.45, 7) is 2.42. The molecule has 0 saturated carbocycles. The van der Waals surface area contributed by atoms with Crippen LogP contribution in [0.5, 0.6) is 5.75 Å². The van der Waals surface area contributed by atoms with Crippen molar-refractivity contribution in [3.05, 3.63) is 70.2 Å². The van der Waals surface area contributed by atoms with Gasteiger partial charge in [-0.05, 0) is 42.1 Å². The van der Waals surface area contributed by atoms with Crippen molar-refractivity contribution in [1.29, 1.82) is 0 Å². The first kappa shape index (κ1) is 18.6. The minimum Gasteiger partial charge on any atom is -0.494 e. The van der Waals surface area contributed by atoms with Crippen LogP contribution in [0.2, 0.25) is 0 Å². The average Bonchev–Trinajstić information content (AvgIpc) is 3.37. The van der Waals surface area contributed by atoms with Crippen molar-refractivity contribution in [2.24, 2.45) is 0 Å². The molecule has 0 aliphatic carbocycles. The third kappa shape index (κ3) is 3.76. The Kier molecular flexibility index (Phi) is 5.36. The smallest absolute Gasteiger partial charge is 0.234 e. The van der Waals surface area contributed by atoms with E-state index in [0.29, 0.717) is 23.8 Å². The first-order valence-electron chi connectivity index (χ1n) is 8.82. The lowest BCUT2D eigenvalue weighted by molar-refractivity contribution is -0.118. The van der Waals surface area contributed by atoms with Gasteiger partial charge in [-0.1, -0.05) is 29.5 Å². The van der Waals surface area contributed by atoms with Gasteiger partial charge in [0.25, 0.3) is 0 Å². The topological polar surface area (TPSA) is 55.3 Å². The van der Waals surface area contributed by atoms with Crippen LogP contribution in [0.4, 0.5) is 5.13 Å². The van der Waals surface area contributed by atoms with Crippen LogP contribution in [0.1, 0.15) is 16.1 Å². The number of fused-ring (bicyclic) bond motifs is 1. The number of methoxy groups -OCH3 is 1. The summed E-state index contributed by atoms with van der Waals surface area (Å²) in [7, 11) is 1.64. The predicted molar refractivity (Wildman–Crippen MR) is 114 cm³/mol. The fourth-order valence-electron chi connectivity index (χ4n) is 2.95. The lowest BCUT2D eigenvalue weighted by atomic mass is 10.2. The molecule has 1 amide bonds. The van der Waals surface area contributed by atoms with Crippen LogP contribution in [-0.4, -0.2) is 23.0 Å². The zero-order valence-electron chi connectivity index (χ0n) is 15.6. The summed E-state index contributed by atoms with van der Waals surface area (Å²) in [6.07, 6.45) is 2.08. The van der Waals surface area contributed by atoms with Gasteiger partial charge in [0.1, 0.15) is 11.3 Å². The van der Waals surface area contributed by atoms with E-state index in [1.54, 1.807) is 29.5 Å². The van der Waals surface area contributed by atoms with E-state index in [4.69, 9.17) is 9.72 Å². The van der Waals surface area contributed by atoms with E-state index < -0.39 is 0 Å². The number of aromatic nitrogens is 2. The summed E-state index contributed by atoms with van der Waals surface area (Å²) < 4.78 is 6.50. The van der Waals surface area contributed by atoms with E-state index in [1.165, 1.54) is 11.3 Å². The molecule has 4 rings (SSSR count). The number of amides is 1. The van der Waals surface area contributed by atoms with Crippen LogP contribution in [0.15, 0.2) is 54.0 Å². The van der Waals surface area contributed by atoms with E-state index in [9.17, 15) is 4.79 Å². The average molecular weight is 410 g/mol. The highest BCUT2D eigenvalue weighted by molar-refractivity contribution is 7.22. The number of hydrogen-bond acceptors (Lipinski definition) is 6. The molecule has 0 saturated heterocycles. The molecule has 0 spiro atoms. The molecule has 0 unspecified atom stereocenters. The molecule has 4 aromatic rings. The predicted octanol–water partition coefficient (Wildman–Crippen LogP) is 4.85. The van der Waals surface area contributed by atoms with Crippen LogP contribution in [0, 0.1) is 6.92 Å². The van der Waals surface area contributed by atoms with Gasteiger partial charge in [0.05, 0.1) is 30.5 Å². The molecule has 0 N–H and O–H groups in total. The number of aryl methyl sites for hydroxylation is 1. The van der Waals surface area contributed by atoms with Crippen molar-refractivity contribution in [2.75, 3.05) is 12.0 Å². The van der Waals surface area contributed by atoms with E-state index in [-0.39, 0.29) is 5.91 Å². The first-order valence-corrected chi connectivity index (χ1v) is 10.5. The molecule has 7 heteroatoms. The SMILES string of the molecule is COc1ccc(C)c2sc(N(Cc3ccccn3)C(=O)Cc3cccs3)nc12. The van der Waals surface area contributed by atoms with E-state index in [2.05, 4.69) is 4.98 Å². The summed E-state index contributed by atoms with van der Waals surface area (Å²) in [5.41, 5.74) is 2.73. The van der Waals surface area contributed by atoms with Crippen molar-refractivity contribution in [3.63, 3.8) is 0 Å². The maximum absolute atomic E-state index is 13.2. The number of ether oxygens (including phenoxy) is 1. The van der Waals surface area contributed by atoms with E-state index in [1.807, 2.05) is 54.8 Å². The zero-order chi connectivity index (χ0) is 19.5. The lowest BCUT2D eigenvalue weighted by Gasteiger charge is -2.19. The van der Waals surface area contributed by atoms with Crippen LogP contribution < -0.4 is 9.64 Å². The van der Waals surface area contributed by atoms with Gasteiger partial charge in [0.15, 0.2) is 5.13 Å². The first-order chi connectivity index (χ1) is 13.7. The van der Waals surface area contributed by atoms with Gasteiger partial charge in [-0.3, -0.25) is 14.7 Å². The van der Waals surface area contributed by atoms with Crippen molar-refractivity contribution < 1.29 is 9.53 Å². The number of nitrogens with zero attached hydrogens (tertiary/aromatic N) is 3. The molecule has 0 fully saturated rings. The van der Waals surface area contributed by atoms with Crippen molar-refractivity contribution >= 4 is 43.9 Å². The van der Waals surface area contributed by atoms with Crippen molar-refractivity contribution in [2.45, 2.75) is 19.9 Å². The Labute approximate surface area is 171 Å². The second-order valence-electron chi connectivity index (χ2n) is 6.32. The number of carbonyl (C=O) groups is 1. The molecule has 3 heterocycles. The summed E-state index contributed by atoms with van der Waals surface area (Å²) >= 11 is 3.09. The molecule has 0 aliphatic heterocycles. The molecule has 28 heavy (non-hydrogen) atoms. The molecular formula is C21H19N3O2S2. The highest BCUT2D eigenvalue weighted by Gasteiger charge is 2.23. The van der Waals surface area contributed by atoms with Gasteiger partial charge < -0.3 is 4.74 Å². The van der Waals surface area contributed by atoms with Crippen LogP contribution >= 0.6 is 22.7 Å². The molecule has 5 nitrogen and oxygen atoms in total. The second kappa shape index (κ2) is 8.08. The Balaban J connectivity index is 1.75. The standard InChI is InChI=1S/C21H19N3O2S2/c1-14-8-9-17(26-2)19-20(14)28-21(23-19)24(13-15-6-3-4-10-22-15)18(25)12-16-7-5-11-27-16/h3-11H,12-13H2,1-2H3. The second-order valence-corrected chi connectivity index (χ2v) is 8.33. The fourth-order valence-corrected chi connectivity index (χ4v) is 4.72. The molecule has 0 atom stereocenters. The number of anilines is 1. The number of pyridine rings is 1. The third-order valence-electron chi connectivity index (χ3n) is 4.40. The van der Waals surface area contributed by atoms with Gasteiger partial charge in [-0.2, -0.15) is 0 Å². The summed E-state index contributed by atoms with van der Waals surface area (Å²) in [4.78, 5) is 25.1. The zero-order valence-corrected chi connectivity index (χ0v) is 17.2. The molecule has 3 aromatic heterocycles. The van der Waals surface area contributed by atoms with E-state index >= 15 is 0 Å². The quantitative estimate of drug-likeness (QED) is 0.457. The van der Waals surface area contributed by atoms with Crippen LogP contribution in [0.25, 0.3) is 10.2 Å². The van der Waals surface area contributed by atoms with Crippen molar-refractivity contribution in [3.8, 4) is 5.75 Å². The number of thiazole rings is 1. The minimum atomic E-state index is 0.00350. The van der Waals surface area contributed by atoms with Crippen LogP contribution in [-0.2, 0) is 17.8 Å². The Morgan fingerprint density at radius 2 is 2.07 bits per heavy atom. The summed E-state index contributed by atoms with van der Waals surface area (Å²) in [5.74, 6) is 0.718. The number of thiophene rings is 1. The molecular weight excluding hydrogens is 390 g/mol. The fraction of sp³-hybridized carbons (Fsp3) is 0.190. The van der Waals surface area contributed by atoms with Gasteiger partial charge in [0.2, 0.25) is 5.91 Å². The maximum atomic E-state index is 13.2. The molecule has 0 radical (unpaired) electrons. The number of benzene rings is 1. The Morgan fingerprint density at radius 1 is 1.18 bits per heavy atom. The maximum Gasteiger partial charge on any atom is 0.234 e. The Bertz CT molecular complexity index is 1090. The van der Waals surface area contributed by atoms with Crippen molar-refractivity contribution in [1.82, 2.24) is 9.97 Å². The number of rotatable bonds is 6. The van der Waals surface area contributed by atoms with Gasteiger partial charge in [-0.25, -0.2) is 4.98 Å². The molecule has 0 bridgehead atoms. The highest BCUT2D eigenvalue weighted by atomic mass is 32.1.